The predicted molar refractivity (Wildman–Crippen MR) is 104 cm³/mol. The summed E-state index contributed by atoms with van der Waals surface area (Å²) < 4.78 is 5.22. The lowest BCUT2D eigenvalue weighted by molar-refractivity contribution is -0.136. The van der Waals surface area contributed by atoms with Gasteiger partial charge >= 0.3 is 11.8 Å². The molecule has 2 amide bonds. The maximum absolute atomic E-state index is 12.2. The molecule has 0 saturated carbocycles. The third-order valence-electron chi connectivity index (χ3n) is 4.37. The number of carbonyl (C=O) groups is 2. The number of ether oxygens (including phenoxy) is 1. The van der Waals surface area contributed by atoms with Crippen LogP contribution in [0.2, 0.25) is 0 Å². The van der Waals surface area contributed by atoms with Crippen molar-refractivity contribution in [3.63, 3.8) is 0 Å². The van der Waals surface area contributed by atoms with E-state index in [0.29, 0.717) is 18.0 Å². The summed E-state index contributed by atoms with van der Waals surface area (Å²) in [5.41, 5.74) is 3.44. The molecule has 2 rings (SSSR count). The van der Waals surface area contributed by atoms with Crippen LogP contribution in [0.3, 0.4) is 0 Å². The average Bonchev–Trinajstić information content (AvgIpc) is 2.60. The van der Waals surface area contributed by atoms with E-state index in [9.17, 15) is 9.59 Å². The fourth-order valence-electron chi connectivity index (χ4n) is 2.91. The van der Waals surface area contributed by atoms with E-state index in [-0.39, 0.29) is 5.41 Å². The van der Waals surface area contributed by atoms with Crippen LogP contribution < -0.4 is 15.4 Å². The van der Waals surface area contributed by atoms with E-state index in [2.05, 4.69) is 10.6 Å². The lowest BCUT2D eigenvalue weighted by Gasteiger charge is -2.27. The Morgan fingerprint density at radius 1 is 1.04 bits per heavy atom. The van der Waals surface area contributed by atoms with E-state index >= 15 is 0 Å². The third-order valence-corrected chi connectivity index (χ3v) is 4.37. The van der Waals surface area contributed by atoms with Gasteiger partial charge in [-0.15, -0.1) is 0 Å². The molecule has 0 aliphatic rings. The summed E-state index contributed by atoms with van der Waals surface area (Å²) in [5, 5.41) is 5.34. The van der Waals surface area contributed by atoms with Crippen molar-refractivity contribution < 1.29 is 14.3 Å². The maximum atomic E-state index is 12.2. The minimum absolute atomic E-state index is 0.289. The summed E-state index contributed by atoms with van der Waals surface area (Å²) in [5.74, 6) is -0.873. The maximum Gasteiger partial charge on any atom is 0.313 e. The highest BCUT2D eigenvalue weighted by Crippen LogP contribution is 2.26. The Morgan fingerprint density at radius 3 is 2.38 bits per heavy atom. The number of amides is 2. The van der Waals surface area contributed by atoms with Gasteiger partial charge in [-0.25, -0.2) is 0 Å². The second-order valence-electron chi connectivity index (χ2n) is 7.04. The molecule has 26 heavy (non-hydrogen) atoms. The van der Waals surface area contributed by atoms with Crippen LogP contribution in [-0.4, -0.2) is 25.5 Å². The number of carbonyl (C=O) groups excluding carboxylic acids is 2. The lowest BCUT2D eigenvalue weighted by atomic mass is 9.82. The molecule has 0 atom stereocenters. The molecular formula is C21H26N2O3. The zero-order chi connectivity index (χ0) is 19.3. The van der Waals surface area contributed by atoms with Crippen LogP contribution in [0.25, 0.3) is 0 Å². The number of nitrogens with one attached hydrogen (secondary N) is 2. The Labute approximate surface area is 154 Å². The van der Waals surface area contributed by atoms with Gasteiger partial charge in [0.15, 0.2) is 0 Å². The Hall–Kier alpha value is -2.82. The topological polar surface area (TPSA) is 67.4 Å². The van der Waals surface area contributed by atoms with Crippen LogP contribution in [0.4, 0.5) is 5.69 Å². The van der Waals surface area contributed by atoms with E-state index < -0.39 is 11.8 Å². The fraction of sp³-hybridized carbons (Fsp3) is 0.333. The first kappa shape index (κ1) is 19.5. The molecule has 0 heterocycles. The third kappa shape index (κ3) is 4.63. The molecule has 2 N–H and O–H groups in total. The molecule has 2 aromatic carbocycles. The van der Waals surface area contributed by atoms with Gasteiger partial charge < -0.3 is 15.4 Å². The highest BCUT2D eigenvalue weighted by molar-refractivity contribution is 6.39. The smallest absolute Gasteiger partial charge is 0.313 e. The average molecular weight is 354 g/mol. The Kier molecular flexibility index (Phi) is 6.03. The zero-order valence-electron chi connectivity index (χ0n) is 16.0. The van der Waals surface area contributed by atoms with E-state index in [1.54, 1.807) is 12.1 Å². The standard InChI is InChI=1S/C21H26N2O3/c1-14-10-11-18(26-5)17(12-14)23-20(25)19(24)22-13-21(3,4)16-9-7-6-8-15(16)2/h6-12H,13H2,1-5H3,(H,22,24)(H,23,25). The quantitative estimate of drug-likeness (QED) is 0.809. The number of rotatable bonds is 5. The number of hydrogen-bond donors (Lipinski definition) is 2. The van der Waals surface area contributed by atoms with Crippen molar-refractivity contribution in [3.8, 4) is 5.75 Å². The largest absolute Gasteiger partial charge is 0.495 e. The first-order valence-corrected chi connectivity index (χ1v) is 8.54. The van der Waals surface area contributed by atoms with E-state index in [0.717, 1.165) is 16.7 Å². The van der Waals surface area contributed by atoms with Crippen molar-refractivity contribution >= 4 is 17.5 Å². The van der Waals surface area contributed by atoms with Crippen molar-refractivity contribution in [1.29, 1.82) is 0 Å². The van der Waals surface area contributed by atoms with Gasteiger partial charge in [-0.1, -0.05) is 44.2 Å². The molecule has 0 fully saturated rings. The molecule has 0 aromatic heterocycles. The van der Waals surface area contributed by atoms with Crippen LogP contribution >= 0.6 is 0 Å². The van der Waals surface area contributed by atoms with Crippen molar-refractivity contribution in [2.24, 2.45) is 0 Å². The number of methoxy groups -OCH3 is 1. The fourth-order valence-corrected chi connectivity index (χ4v) is 2.91. The van der Waals surface area contributed by atoms with Crippen molar-refractivity contribution in [2.45, 2.75) is 33.1 Å². The second kappa shape index (κ2) is 8.04. The normalized spacial score (nSPS) is 11.0. The summed E-state index contributed by atoms with van der Waals surface area (Å²) in [4.78, 5) is 24.5. The van der Waals surface area contributed by atoms with Gasteiger partial charge in [0.1, 0.15) is 5.75 Å². The van der Waals surface area contributed by atoms with Gasteiger partial charge in [0.25, 0.3) is 0 Å². The summed E-state index contributed by atoms with van der Waals surface area (Å²) >= 11 is 0. The van der Waals surface area contributed by atoms with Crippen LogP contribution in [0.15, 0.2) is 42.5 Å². The molecule has 0 aliphatic carbocycles. The van der Waals surface area contributed by atoms with Crippen molar-refractivity contribution in [1.82, 2.24) is 5.32 Å². The van der Waals surface area contributed by atoms with E-state index in [1.807, 2.05) is 58.0 Å². The van der Waals surface area contributed by atoms with Gasteiger partial charge in [0, 0.05) is 12.0 Å². The molecule has 0 spiro atoms. The Bertz CT molecular complexity index is 813. The van der Waals surface area contributed by atoms with E-state index in [1.165, 1.54) is 7.11 Å². The molecule has 5 heteroatoms. The molecule has 0 radical (unpaired) electrons. The first-order chi connectivity index (χ1) is 12.2. The summed E-state index contributed by atoms with van der Waals surface area (Å²) in [7, 11) is 1.52. The van der Waals surface area contributed by atoms with Gasteiger partial charge in [-0.2, -0.15) is 0 Å². The molecule has 5 nitrogen and oxygen atoms in total. The second-order valence-corrected chi connectivity index (χ2v) is 7.04. The molecule has 0 bridgehead atoms. The lowest BCUT2D eigenvalue weighted by Crippen LogP contribution is -2.42. The van der Waals surface area contributed by atoms with Gasteiger partial charge in [0.2, 0.25) is 0 Å². The number of aryl methyl sites for hydroxylation is 2. The SMILES string of the molecule is COc1ccc(C)cc1NC(=O)C(=O)NCC(C)(C)c1ccccc1C. The van der Waals surface area contributed by atoms with Crippen LogP contribution in [0.5, 0.6) is 5.75 Å². The van der Waals surface area contributed by atoms with Crippen LogP contribution in [0.1, 0.15) is 30.5 Å². The Balaban J connectivity index is 2.03. The van der Waals surface area contributed by atoms with Gasteiger partial charge in [-0.3, -0.25) is 9.59 Å². The molecule has 138 valence electrons. The molecule has 2 aromatic rings. The highest BCUT2D eigenvalue weighted by Gasteiger charge is 2.25. The Morgan fingerprint density at radius 2 is 1.73 bits per heavy atom. The van der Waals surface area contributed by atoms with Crippen LogP contribution in [-0.2, 0) is 15.0 Å². The summed E-state index contributed by atoms with van der Waals surface area (Å²) in [6, 6.07) is 13.4. The van der Waals surface area contributed by atoms with Crippen molar-refractivity contribution in [2.75, 3.05) is 19.0 Å². The molecule has 0 aliphatic heterocycles. The number of hydrogen-bond acceptors (Lipinski definition) is 3. The molecule has 0 unspecified atom stereocenters. The molecular weight excluding hydrogens is 328 g/mol. The monoisotopic (exact) mass is 354 g/mol. The van der Waals surface area contributed by atoms with Gasteiger partial charge in [-0.05, 0) is 42.7 Å². The van der Waals surface area contributed by atoms with Gasteiger partial charge in [0.05, 0.1) is 12.8 Å². The summed E-state index contributed by atoms with van der Waals surface area (Å²) in [6.45, 7) is 8.37. The predicted octanol–water partition coefficient (Wildman–Crippen LogP) is 3.34. The minimum Gasteiger partial charge on any atom is -0.495 e. The number of benzene rings is 2. The van der Waals surface area contributed by atoms with Crippen molar-refractivity contribution in [3.05, 3.63) is 59.2 Å². The number of anilines is 1. The highest BCUT2D eigenvalue weighted by atomic mass is 16.5. The first-order valence-electron chi connectivity index (χ1n) is 8.54. The molecule has 0 saturated heterocycles. The van der Waals surface area contributed by atoms with Crippen LogP contribution in [0, 0.1) is 13.8 Å². The minimum atomic E-state index is -0.713. The summed E-state index contributed by atoms with van der Waals surface area (Å²) in [6.07, 6.45) is 0. The zero-order valence-corrected chi connectivity index (χ0v) is 16.0. The van der Waals surface area contributed by atoms with E-state index in [4.69, 9.17) is 4.74 Å².